The Morgan fingerprint density at radius 3 is 2.22 bits per heavy atom. The molecule has 23 heavy (non-hydrogen) atoms. The van der Waals surface area contributed by atoms with Gasteiger partial charge < -0.3 is 4.90 Å². The standard InChI is InChI=1S/C21H30N2/c1-14-9-16(3)20(17(4)10-14)22-7-8-23(13-22)21-18(5)11-15(2)12-19(21)6/h9-12,16,20H,7-8,13H2,1-6H3/t16-,20+/m0/s1. The Kier molecular flexibility index (Phi) is 4.37. The van der Waals surface area contributed by atoms with Crippen LogP contribution in [0.3, 0.4) is 0 Å². The third kappa shape index (κ3) is 3.10. The minimum atomic E-state index is 0.551. The second-order valence-electron chi connectivity index (χ2n) is 7.57. The van der Waals surface area contributed by atoms with Crippen LogP contribution in [0.25, 0.3) is 0 Å². The highest BCUT2D eigenvalue weighted by atomic mass is 15.4. The Morgan fingerprint density at radius 1 is 0.957 bits per heavy atom. The number of hydrogen-bond acceptors (Lipinski definition) is 2. The first kappa shape index (κ1) is 16.3. The fourth-order valence-corrected chi connectivity index (χ4v) is 4.72. The summed E-state index contributed by atoms with van der Waals surface area (Å²) in [5.41, 5.74) is 8.53. The van der Waals surface area contributed by atoms with Gasteiger partial charge in [0.15, 0.2) is 0 Å². The molecule has 1 aromatic rings. The van der Waals surface area contributed by atoms with Crippen LogP contribution in [-0.4, -0.2) is 30.7 Å². The van der Waals surface area contributed by atoms with Gasteiger partial charge in [-0.15, -0.1) is 0 Å². The molecule has 1 aliphatic carbocycles. The Morgan fingerprint density at radius 2 is 1.61 bits per heavy atom. The normalized spacial score (nSPS) is 25.6. The quantitative estimate of drug-likeness (QED) is 0.787. The van der Waals surface area contributed by atoms with E-state index in [0.29, 0.717) is 12.0 Å². The monoisotopic (exact) mass is 310 g/mol. The fourth-order valence-electron chi connectivity index (χ4n) is 4.72. The number of benzene rings is 1. The lowest BCUT2D eigenvalue weighted by Crippen LogP contribution is -2.41. The average Bonchev–Trinajstić information content (AvgIpc) is 2.85. The minimum absolute atomic E-state index is 0.551. The van der Waals surface area contributed by atoms with Crippen LogP contribution in [0, 0.1) is 26.7 Å². The summed E-state index contributed by atoms with van der Waals surface area (Å²) in [5, 5.41) is 0. The third-order valence-electron chi connectivity index (χ3n) is 5.30. The van der Waals surface area contributed by atoms with Crippen LogP contribution in [-0.2, 0) is 0 Å². The van der Waals surface area contributed by atoms with E-state index in [1.807, 2.05) is 0 Å². The van der Waals surface area contributed by atoms with Crippen molar-refractivity contribution in [3.8, 4) is 0 Å². The topological polar surface area (TPSA) is 6.48 Å². The highest BCUT2D eigenvalue weighted by Gasteiger charge is 2.32. The molecule has 0 N–H and O–H groups in total. The Bertz CT molecular complexity index is 645. The third-order valence-corrected chi connectivity index (χ3v) is 5.30. The summed E-state index contributed by atoms with van der Waals surface area (Å²) in [4.78, 5) is 5.22. The molecule has 0 unspecified atom stereocenters. The fraction of sp³-hybridized carbons (Fsp3) is 0.524. The van der Waals surface area contributed by atoms with Crippen molar-refractivity contribution >= 4 is 5.69 Å². The molecule has 2 nitrogen and oxygen atoms in total. The van der Waals surface area contributed by atoms with Crippen molar-refractivity contribution in [1.29, 1.82) is 0 Å². The van der Waals surface area contributed by atoms with Gasteiger partial charge in [0.05, 0.1) is 6.67 Å². The molecule has 0 aromatic heterocycles. The molecule has 0 bridgehead atoms. The molecule has 1 saturated heterocycles. The SMILES string of the molecule is CC1=C[C@H](C)[C@@H](N2CCN(c3c(C)cc(C)cc3C)C2)C(C)=C1. The summed E-state index contributed by atoms with van der Waals surface area (Å²) < 4.78 is 0. The van der Waals surface area contributed by atoms with Gasteiger partial charge >= 0.3 is 0 Å². The molecule has 2 heteroatoms. The zero-order chi connectivity index (χ0) is 16.7. The predicted molar refractivity (Wildman–Crippen MR) is 100 cm³/mol. The van der Waals surface area contributed by atoms with E-state index >= 15 is 0 Å². The van der Waals surface area contributed by atoms with Gasteiger partial charge in [0, 0.05) is 24.8 Å². The molecule has 0 amide bonds. The lowest BCUT2D eigenvalue weighted by Gasteiger charge is -2.35. The molecule has 0 radical (unpaired) electrons. The maximum absolute atomic E-state index is 2.65. The Labute approximate surface area is 141 Å². The molecule has 3 rings (SSSR count). The Balaban J connectivity index is 1.81. The van der Waals surface area contributed by atoms with E-state index in [1.54, 1.807) is 0 Å². The number of anilines is 1. The van der Waals surface area contributed by atoms with Crippen molar-refractivity contribution in [1.82, 2.24) is 4.90 Å². The Hall–Kier alpha value is -1.54. The zero-order valence-electron chi connectivity index (χ0n) is 15.5. The first-order valence-electron chi connectivity index (χ1n) is 8.80. The summed E-state index contributed by atoms with van der Waals surface area (Å²) in [7, 11) is 0. The molecule has 2 aliphatic rings. The van der Waals surface area contributed by atoms with Crippen molar-refractivity contribution in [3.63, 3.8) is 0 Å². The summed E-state index contributed by atoms with van der Waals surface area (Å²) in [6.07, 6.45) is 4.78. The van der Waals surface area contributed by atoms with E-state index in [0.717, 1.165) is 19.8 Å². The highest BCUT2D eigenvalue weighted by Crippen LogP contribution is 2.33. The molecule has 1 aromatic carbocycles. The smallest absolute Gasteiger partial charge is 0.0713 e. The first-order valence-corrected chi connectivity index (χ1v) is 8.80. The minimum Gasteiger partial charge on any atom is -0.357 e. The van der Waals surface area contributed by atoms with Crippen molar-refractivity contribution in [2.24, 2.45) is 5.92 Å². The van der Waals surface area contributed by atoms with Crippen LogP contribution >= 0.6 is 0 Å². The van der Waals surface area contributed by atoms with Gasteiger partial charge in [-0.05, 0) is 51.7 Å². The van der Waals surface area contributed by atoms with Crippen LogP contribution in [0.2, 0.25) is 0 Å². The number of aryl methyl sites for hydroxylation is 3. The second-order valence-corrected chi connectivity index (χ2v) is 7.57. The number of rotatable bonds is 2. The van der Waals surface area contributed by atoms with Crippen molar-refractivity contribution in [3.05, 3.63) is 52.1 Å². The molecule has 0 spiro atoms. The molecular weight excluding hydrogens is 280 g/mol. The van der Waals surface area contributed by atoms with Crippen LogP contribution in [0.4, 0.5) is 5.69 Å². The molecule has 1 fully saturated rings. The van der Waals surface area contributed by atoms with E-state index in [-0.39, 0.29) is 0 Å². The van der Waals surface area contributed by atoms with Crippen molar-refractivity contribution < 1.29 is 0 Å². The lowest BCUT2D eigenvalue weighted by molar-refractivity contribution is 0.235. The number of allylic oxidation sites excluding steroid dienone is 2. The van der Waals surface area contributed by atoms with Gasteiger partial charge in [0.1, 0.15) is 0 Å². The molecule has 1 heterocycles. The van der Waals surface area contributed by atoms with Crippen LogP contribution in [0.5, 0.6) is 0 Å². The summed E-state index contributed by atoms with van der Waals surface area (Å²) in [6.45, 7) is 16.9. The molecule has 1 aliphatic heterocycles. The molecular formula is C21H30N2. The predicted octanol–water partition coefficient (Wildman–Crippen LogP) is 4.60. The van der Waals surface area contributed by atoms with Crippen LogP contribution in [0.1, 0.15) is 37.5 Å². The zero-order valence-corrected chi connectivity index (χ0v) is 15.5. The van der Waals surface area contributed by atoms with Gasteiger partial charge in [-0.2, -0.15) is 0 Å². The van der Waals surface area contributed by atoms with Crippen molar-refractivity contribution in [2.75, 3.05) is 24.7 Å². The first-order chi connectivity index (χ1) is 10.9. The second kappa shape index (κ2) is 6.16. The largest absolute Gasteiger partial charge is 0.357 e. The van der Waals surface area contributed by atoms with Crippen molar-refractivity contribution in [2.45, 2.75) is 47.6 Å². The number of nitrogens with zero attached hydrogens (tertiary/aromatic N) is 2. The average molecular weight is 310 g/mol. The highest BCUT2D eigenvalue weighted by molar-refractivity contribution is 5.60. The van der Waals surface area contributed by atoms with E-state index in [9.17, 15) is 0 Å². The van der Waals surface area contributed by atoms with Gasteiger partial charge in [-0.1, -0.05) is 47.9 Å². The molecule has 0 saturated carbocycles. The van der Waals surface area contributed by atoms with E-state index < -0.39 is 0 Å². The number of hydrogen-bond donors (Lipinski definition) is 0. The van der Waals surface area contributed by atoms with Crippen LogP contribution < -0.4 is 4.90 Å². The van der Waals surface area contributed by atoms with Gasteiger partial charge in [0.25, 0.3) is 0 Å². The van der Waals surface area contributed by atoms with Gasteiger partial charge in [-0.25, -0.2) is 0 Å². The molecule has 124 valence electrons. The summed E-state index contributed by atoms with van der Waals surface area (Å²) >= 11 is 0. The van der Waals surface area contributed by atoms with E-state index in [1.165, 1.54) is 33.5 Å². The van der Waals surface area contributed by atoms with E-state index in [2.05, 4.69) is 75.6 Å². The van der Waals surface area contributed by atoms with Gasteiger partial charge in [-0.3, -0.25) is 4.90 Å². The van der Waals surface area contributed by atoms with Gasteiger partial charge in [0.2, 0.25) is 0 Å². The molecule has 2 atom stereocenters. The van der Waals surface area contributed by atoms with Crippen LogP contribution in [0.15, 0.2) is 35.4 Å². The summed E-state index contributed by atoms with van der Waals surface area (Å²) in [6, 6.07) is 5.17. The van der Waals surface area contributed by atoms with E-state index in [4.69, 9.17) is 0 Å². The maximum atomic E-state index is 2.65. The maximum Gasteiger partial charge on any atom is 0.0713 e. The summed E-state index contributed by atoms with van der Waals surface area (Å²) in [5.74, 6) is 0.597. The lowest BCUT2D eigenvalue weighted by atomic mass is 9.87.